The fourth-order valence-electron chi connectivity index (χ4n) is 1.92. The maximum Gasteiger partial charge on any atom is 0.128 e. The first-order chi connectivity index (χ1) is 5.83. The molecule has 64 valence electrons. The summed E-state index contributed by atoms with van der Waals surface area (Å²) >= 11 is 0. The van der Waals surface area contributed by atoms with Gasteiger partial charge in [0.1, 0.15) is 5.82 Å². The van der Waals surface area contributed by atoms with Crippen LogP contribution in [0.15, 0.2) is 18.2 Å². The molecule has 0 saturated heterocycles. The van der Waals surface area contributed by atoms with E-state index in [1.165, 1.54) is 6.07 Å². The predicted molar refractivity (Wildman–Crippen MR) is 46.5 cm³/mol. The molecule has 1 aliphatic carbocycles. The maximum atomic E-state index is 13.3. The minimum Gasteiger partial charge on any atom is -0.313 e. The van der Waals surface area contributed by atoms with Gasteiger partial charge in [0.05, 0.1) is 0 Å². The van der Waals surface area contributed by atoms with Gasteiger partial charge >= 0.3 is 0 Å². The lowest BCUT2D eigenvalue weighted by atomic mass is 10.1. The van der Waals surface area contributed by atoms with Gasteiger partial charge in [0.2, 0.25) is 0 Å². The number of fused-ring (bicyclic) bond motifs is 1. The summed E-state index contributed by atoms with van der Waals surface area (Å²) in [7, 11) is 1.88. The molecule has 0 aliphatic heterocycles. The number of benzene rings is 1. The molecule has 0 spiro atoms. The summed E-state index contributed by atoms with van der Waals surface area (Å²) in [5.74, 6) is -0.0654. The van der Waals surface area contributed by atoms with E-state index in [-0.39, 0.29) is 11.9 Å². The molecule has 1 N–H and O–H groups in total. The topological polar surface area (TPSA) is 12.0 Å². The smallest absolute Gasteiger partial charge is 0.128 e. The van der Waals surface area contributed by atoms with Gasteiger partial charge in [-0.05, 0) is 31.5 Å². The van der Waals surface area contributed by atoms with Crippen LogP contribution in [-0.2, 0) is 6.42 Å². The van der Waals surface area contributed by atoms with Crippen LogP contribution in [0.25, 0.3) is 0 Å². The van der Waals surface area contributed by atoms with Crippen LogP contribution in [-0.4, -0.2) is 7.05 Å². The van der Waals surface area contributed by atoms with Crippen molar-refractivity contribution in [2.45, 2.75) is 18.9 Å². The van der Waals surface area contributed by atoms with Crippen LogP contribution in [0.1, 0.15) is 23.6 Å². The van der Waals surface area contributed by atoms with Gasteiger partial charge in [-0.1, -0.05) is 12.1 Å². The lowest BCUT2D eigenvalue weighted by molar-refractivity contribution is 0.542. The fraction of sp³-hybridized carbons (Fsp3) is 0.400. The van der Waals surface area contributed by atoms with Crippen molar-refractivity contribution < 1.29 is 4.39 Å². The van der Waals surface area contributed by atoms with Crippen molar-refractivity contribution in [3.05, 3.63) is 35.1 Å². The molecular formula is C10H12FN. The van der Waals surface area contributed by atoms with Gasteiger partial charge < -0.3 is 5.32 Å². The van der Waals surface area contributed by atoms with Crippen LogP contribution < -0.4 is 5.32 Å². The average Bonchev–Trinajstić information content (AvgIpc) is 2.49. The Morgan fingerprint density at radius 2 is 2.33 bits per heavy atom. The van der Waals surface area contributed by atoms with Crippen molar-refractivity contribution in [1.82, 2.24) is 5.32 Å². The molecule has 0 radical (unpaired) electrons. The van der Waals surface area contributed by atoms with E-state index in [2.05, 4.69) is 5.32 Å². The Morgan fingerprint density at radius 3 is 3.08 bits per heavy atom. The summed E-state index contributed by atoms with van der Waals surface area (Å²) in [6.07, 6.45) is 2.02. The predicted octanol–water partition coefficient (Wildman–Crippen LogP) is 2.03. The minimum absolute atomic E-state index is 0.0654. The Labute approximate surface area is 71.6 Å². The number of halogens is 1. The molecular weight excluding hydrogens is 153 g/mol. The summed E-state index contributed by atoms with van der Waals surface area (Å²) in [6, 6.07) is 5.55. The standard InChI is InChI=1S/C10H12FN/c1-12-9-6-5-7-3-2-4-8(11)10(7)9/h2-4,9,12H,5-6H2,1H3. The molecule has 1 aromatic carbocycles. The molecule has 2 heteroatoms. The van der Waals surface area contributed by atoms with Crippen LogP contribution in [0, 0.1) is 5.82 Å². The SMILES string of the molecule is CNC1CCc2cccc(F)c21. The summed E-state index contributed by atoms with van der Waals surface area (Å²) < 4.78 is 13.3. The second kappa shape index (κ2) is 2.87. The van der Waals surface area contributed by atoms with E-state index in [0.717, 1.165) is 24.0 Å². The van der Waals surface area contributed by atoms with E-state index < -0.39 is 0 Å². The minimum atomic E-state index is -0.0654. The van der Waals surface area contributed by atoms with Crippen LogP contribution >= 0.6 is 0 Å². The van der Waals surface area contributed by atoms with Crippen molar-refractivity contribution in [2.24, 2.45) is 0 Å². The lowest BCUT2D eigenvalue weighted by Gasteiger charge is -2.10. The molecule has 12 heavy (non-hydrogen) atoms. The van der Waals surface area contributed by atoms with Gasteiger partial charge in [0.25, 0.3) is 0 Å². The largest absolute Gasteiger partial charge is 0.313 e. The normalized spacial score (nSPS) is 21.0. The first-order valence-electron chi connectivity index (χ1n) is 4.27. The Hall–Kier alpha value is -0.890. The molecule has 0 amide bonds. The zero-order chi connectivity index (χ0) is 8.55. The third kappa shape index (κ3) is 1.03. The highest BCUT2D eigenvalue weighted by molar-refractivity contribution is 5.35. The Bertz CT molecular complexity index is 296. The molecule has 1 nitrogen and oxygen atoms in total. The molecule has 0 heterocycles. The number of hydrogen-bond donors (Lipinski definition) is 1. The van der Waals surface area contributed by atoms with Crippen molar-refractivity contribution in [3.8, 4) is 0 Å². The summed E-state index contributed by atoms with van der Waals surface area (Å²) in [5, 5.41) is 3.12. The summed E-state index contributed by atoms with van der Waals surface area (Å²) in [5.41, 5.74) is 2.04. The lowest BCUT2D eigenvalue weighted by Crippen LogP contribution is -2.14. The molecule has 2 rings (SSSR count). The summed E-state index contributed by atoms with van der Waals surface area (Å²) in [6.45, 7) is 0. The third-order valence-corrected chi connectivity index (χ3v) is 2.54. The van der Waals surface area contributed by atoms with Crippen LogP contribution in [0.5, 0.6) is 0 Å². The Kier molecular flexibility index (Phi) is 1.85. The van der Waals surface area contributed by atoms with Gasteiger partial charge in [0, 0.05) is 11.6 Å². The first kappa shape index (κ1) is 7.74. The van der Waals surface area contributed by atoms with Gasteiger partial charge in [-0.25, -0.2) is 4.39 Å². The Balaban J connectivity index is 2.48. The van der Waals surface area contributed by atoms with Crippen LogP contribution in [0.2, 0.25) is 0 Å². The van der Waals surface area contributed by atoms with E-state index in [9.17, 15) is 4.39 Å². The third-order valence-electron chi connectivity index (χ3n) is 2.54. The molecule has 1 atom stereocenters. The summed E-state index contributed by atoms with van der Waals surface area (Å²) in [4.78, 5) is 0. The average molecular weight is 165 g/mol. The Morgan fingerprint density at radius 1 is 1.50 bits per heavy atom. The zero-order valence-corrected chi connectivity index (χ0v) is 7.10. The number of hydrogen-bond acceptors (Lipinski definition) is 1. The number of nitrogens with one attached hydrogen (secondary N) is 1. The van der Waals surface area contributed by atoms with Crippen LogP contribution in [0.3, 0.4) is 0 Å². The second-order valence-corrected chi connectivity index (χ2v) is 3.19. The van der Waals surface area contributed by atoms with Crippen LogP contribution in [0.4, 0.5) is 4.39 Å². The first-order valence-corrected chi connectivity index (χ1v) is 4.27. The van der Waals surface area contributed by atoms with Gasteiger partial charge in [0.15, 0.2) is 0 Å². The molecule has 0 bridgehead atoms. The maximum absolute atomic E-state index is 13.3. The van der Waals surface area contributed by atoms with Crippen molar-refractivity contribution in [3.63, 3.8) is 0 Å². The highest BCUT2D eigenvalue weighted by atomic mass is 19.1. The van der Waals surface area contributed by atoms with Crippen molar-refractivity contribution in [2.75, 3.05) is 7.05 Å². The van der Waals surface area contributed by atoms with Gasteiger partial charge in [-0.15, -0.1) is 0 Å². The molecule has 0 aromatic heterocycles. The van der Waals surface area contributed by atoms with E-state index in [1.807, 2.05) is 13.1 Å². The molecule has 0 fully saturated rings. The molecule has 1 unspecified atom stereocenters. The number of aryl methyl sites for hydroxylation is 1. The van der Waals surface area contributed by atoms with E-state index >= 15 is 0 Å². The molecule has 0 saturated carbocycles. The zero-order valence-electron chi connectivity index (χ0n) is 7.10. The van der Waals surface area contributed by atoms with E-state index in [4.69, 9.17) is 0 Å². The second-order valence-electron chi connectivity index (χ2n) is 3.19. The van der Waals surface area contributed by atoms with Gasteiger partial charge in [-0.3, -0.25) is 0 Å². The van der Waals surface area contributed by atoms with Gasteiger partial charge in [-0.2, -0.15) is 0 Å². The quantitative estimate of drug-likeness (QED) is 0.671. The highest BCUT2D eigenvalue weighted by Gasteiger charge is 2.23. The molecule has 1 aromatic rings. The van der Waals surface area contributed by atoms with Crippen molar-refractivity contribution >= 4 is 0 Å². The van der Waals surface area contributed by atoms with E-state index in [0.29, 0.717) is 0 Å². The highest BCUT2D eigenvalue weighted by Crippen LogP contribution is 2.32. The van der Waals surface area contributed by atoms with E-state index in [1.54, 1.807) is 6.07 Å². The fourth-order valence-corrected chi connectivity index (χ4v) is 1.92. The monoisotopic (exact) mass is 165 g/mol. The van der Waals surface area contributed by atoms with Crippen molar-refractivity contribution in [1.29, 1.82) is 0 Å². The molecule has 1 aliphatic rings. The number of rotatable bonds is 1.